The molecule has 0 N–H and O–H groups in total. The van der Waals surface area contributed by atoms with Crippen LogP contribution in [-0.4, -0.2) is 28.7 Å². The van der Waals surface area contributed by atoms with Gasteiger partial charge in [0.25, 0.3) is 11.8 Å². The van der Waals surface area contributed by atoms with Gasteiger partial charge >= 0.3 is 11.9 Å². The van der Waals surface area contributed by atoms with Crippen LogP contribution >= 0.6 is 0 Å². The number of benzene rings is 1. The number of carbonyl (C=O) groups is 4. The van der Waals surface area contributed by atoms with Gasteiger partial charge in [-0.25, -0.2) is 9.59 Å². The second-order valence-electron chi connectivity index (χ2n) is 4.16. The highest BCUT2D eigenvalue weighted by Gasteiger charge is 2.22. The normalized spacial score (nSPS) is 16.1. The number of esters is 2. The molecule has 0 fully saturated rings. The molecule has 0 radical (unpaired) electrons. The van der Waals surface area contributed by atoms with E-state index in [0.29, 0.717) is 6.54 Å². The minimum Gasteiger partial charge on any atom is -0.387 e. The topological polar surface area (TPSA) is 80.8 Å². The molecule has 6 nitrogen and oxygen atoms in total. The molecule has 0 unspecified atom stereocenters. The summed E-state index contributed by atoms with van der Waals surface area (Å²) in [5, 5.41) is 0. The quantitative estimate of drug-likeness (QED) is 0.455. The molecule has 0 saturated heterocycles. The van der Waals surface area contributed by atoms with Crippen LogP contribution in [0, 0.1) is 0 Å². The summed E-state index contributed by atoms with van der Waals surface area (Å²) >= 11 is 0. The molecule has 0 saturated carbocycles. The van der Waals surface area contributed by atoms with Crippen LogP contribution in [0.3, 0.4) is 0 Å². The molecular weight excluding hydrogens is 274 g/mol. The summed E-state index contributed by atoms with van der Waals surface area (Å²) in [5.41, 5.74) is 0.956. The molecule has 0 spiro atoms. The van der Waals surface area contributed by atoms with Crippen LogP contribution in [0.25, 0.3) is 0 Å². The van der Waals surface area contributed by atoms with E-state index in [4.69, 9.17) is 0 Å². The van der Waals surface area contributed by atoms with Crippen LogP contribution in [0.15, 0.2) is 54.6 Å². The Morgan fingerprint density at radius 3 is 1.71 bits per heavy atom. The molecule has 2 amide bonds. The summed E-state index contributed by atoms with van der Waals surface area (Å²) in [6.45, 7) is 0.353. The maximum Gasteiger partial charge on any atom is 0.338 e. The summed E-state index contributed by atoms with van der Waals surface area (Å²) in [5.74, 6) is -1.63. The van der Waals surface area contributed by atoms with Crippen LogP contribution in [-0.2, 0) is 30.5 Å². The van der Waals surface area contributed by atoms with Crippen molar-refractivity contribution in [2.45, 2.75) is 6.54 Å². The van der Waals surface area contributed by atoms with E-state index >= 15 is 0 Å². The van der Waals surface area contributed by atoms with Gasteiger partial charge in [-0.05, 0) is 5.56 Å². The molecule has 1 aromatic carbocycles. The van der Waals surface area contributed by atoms with E-state index in [1.807, 2.05) is 30.3 Å². The van der Waals surface area contributed by atoms with E-state index in [1.54, 1.807) is 0 Å². The molecule has 3 rings (SSSR count). The number of cyclic esters (lactones) is 2. The highest BCUT2D eigenvalue weighted by molar-refractivity contribution is 6.12. The first kappa shape index (κ1) is 14.4. The van der Waals surface area contributed by atoms with E-state index in [-0.39, 0.29) is 11.8 Å². The van der Waals surface area contributed by atoms with Crippen LogP contribution < -0.4 is 0 Å². The number of rotatable bonds is 2. The van der Waals surface area contributed by atoms with Crippen molar-refractivity contribution >= 4 is 23.8 Å². The fourth-order valence-electron chi connectivity index (χ4n) is 1.66. The van der Waals surface area contributed by atoms with Gasteiger partial charge in [0.2, 0.25) is 0 Å². The maximum atomic E-state index is 11.2. The number of hydrogen-bond donors (Lipinski definition) is 0. The summed E-state index contributed by atoms with van der Waals surface area (Å²) < 4.78 is 3.97. The molecular formula is C15H11NO5. The molecule has 0 atom stereocenters. The van der Waals surface area contributed by atoms with Crippen molar-refractivity contribution in [3.05, 3.63) is 60.2 Å². The number of carbonyl (C=O) groups excluding carboxylic acids is 4. The van der Waals surface area contributed by atoms with Crippen molar-refractivity contribution in [3.63, 3.8) is 0 Å². The molecule has 2 heterocycles. The smallest absolute Gasteiger partial charge is 0.338 e. The largest absolute Gasteiger partial charge is 0.387 e. The molecule has 1 aromatic rings. The van der Waals surface area contributed by atoms with Gasteiger partial charge in [-0.2, -0.15) is 0 Å². The summed E-state index contributed by atoms with van der Waals surface area (Å²) in [6, 6.07) is 9.44. The Morgan fingerprint density at radius 2 is 1.29 bits per heavy atom. The van der Waals surface area contributed by atoms with Crippen molar-refractivity contribution in [1.82, 2.24) is 4.90 Å². The molecule has 0 bridgehead atoms. The van der Waals surface area contributed by atoms with Gasteiger partial charge in [0, 0.05) is 24.3 Å². The van der Waals surface area contributed by atoms with Crippen molar-refractivity contribution in [1.29, 1.82) is 0 Å². The average molecular weight is 285 g/mol. The van der Waals surface area contributed by atoms with Crippen molar-refractivity contribution in [2.24, 2.45) is 0 Å². The molecule has 0 aromatic heterocycles. The van der Waals surface area contributed by atoms with Gasteiger partial charge in [-0.1, -0.05) is 30.3 Å². The van der Waals surface area contributed by atoms with E-state index in [9.17, 15) is 19.2 Å². The Hall–Kier alpha value is -3.02. The van der Waals surface area contributed by atoms with Gasteiger partial charge in [-0.15, -0.1) is 0 Å². The lowest BCUT2D eigenvalue weighted by Gasteiger charge is -2.13. The van der Waals surface area contributed by atoms with E-state index in [0.717, 1.165) is 17.7 Å². The van der Waals surface area contributed by atoms with Gasteiger partial charge in [0.1, 0.15) is 0 Å². The third-order valence-electron chi connectivity index (χ3n) is 2.64. The molecule has 2 aliphatic rings. The predicted molar refractivity (Wildman–Crippen MR) is 71.4 cm³/mol. The zero-order valence-corrected chi connectivity index (χ0v) is 10.9. The first-order chi connectivity index (χ1) is 10.1. The fourth-order valence-corrected chi connectivity index (χ4v) is 1.66. The number of amides is 2. The lowest BCUT2D eigenvalue weighted by Crippen LogP contribution is -2.29. The maximum absolute atomic E-state index is 11.2. The minimum atomic E-state index is -0.579. The lowest BCUT2D eigenvalue weighted by molar-refractivity contribution is -0.150. The Morgan fingerprint density at radius 1 is 0.762 bits per heavy atom. The predicted octanol–water partition coefficient (Wildman–Crippen LogP) is 0.738. The number of hydrogen-bond acceptors (Lipinski definition) is 5. The van der Waals surface area contributed by atoms with Crippen molar-refractivity contribution in [3.8, 4) is 0 Å². The van der Waals surface area contributed by atoms with E-state index in [2.05, 4.69) is 4.74 Å². The van der Waals surface area contributed by atoms with Gasteiger partial charge in [-0.3, -0.25) is 14.5 Å². The Bertz CT molecular complexity index is 611. The molecule has 106 valence electrons. The van der Waals surface area contributed by atoms with Gasteiger partial charge in [0.15, 0.2) is 0 Å². The second-order valence-corrected chi connectivity index (χ2v) is 4.16. The van der Waals surface area contributed by atoms with E-state index in [1.165, 1.54) is 17.1 Å². The number of ether oxygens (including phenoxy) is 1. The third-order valence-corrected chi connectivity index (χ3v) is 2.64. The lowest BCUT2D eigenvalue weighted by atomic mass is 10.2. The summed E-state index contributed by atoms with van der Waals surface area (Å²) in [4.78, 5) is 43.5. The van der Waals surface area contributed by atoms with Crippen LogP contribution in [0.4, 0.5) is 0 Å². The first-order valence-corrected chi connectivity index (χ1v) is 6.07. The van der Waals surface area contributed by atoms with Gasteiger partial charge in [0.05, 0.1) is 6.54 Å². The van der Waals surface area contributed by atoms with Crippen molar-refractivity contribution in [2.75, 3.05) is 0 Å². The SMILES string of the molecule is O=C1C=CC(=O)N1Cc1ccccc1.O=C1C=CC(=O)O1. The van der Waals surface area contributed by atoms with Crippen LogP contribution in [0.5, 0.6) is 0 Å². The standard InChI is InChI=1S/C11H9NO2.C4H2O3/c13-10-6-7-11(14)12(10)8-9-4-2-1-3-5-9;5-3-1-2-4(6)7-3/h1-7H,8H2;1-2H. The highest BCUT2D eigenvalue weighted by Crippen LogP contribution is 2.09. The van der Waals surface area contributed by atoms with E-state index < -0.39 is 11.9 Å². The van der Waals surface area contributed by atoms with Crippen LogP contribution in [0.1, 0.15) is 5.56 Å². The first-order valence-electron chi connectivity index (χ1n) is 6.07. The van der Waals surface area contributed by atoms with Crippen molar-refractivity contribution < 1.29 is 23.9 Å². The zero-order chi connectivity index (χ0) is 15.2. The van der Waals surface area contributed by atoms with Crippen LogP contribution in [0.2, 0.25) is 0 Å². The number of nitrogens with zero attached hydrogens (tertiary/aromatic N) is 1. The molecule has 6 heteroatoms. The Kier molecular flexibility index (Phi) is 4.40. The average Bonchev–Trinajstić information content (AvgIpc) is 3.00. The second kappa shape index (κ2) is 6.42. The zero-order valence-electron chi connectivity index (χ0n) is 10.9. The van der Waals surface area contributed by atoms with Gasteiger partial charge < -0.3 is 4.74 Å². The summed E-state index contributed by atoms with van der Waals surface area (Å²) in [7, 11) is 0. The third kappa shape index (κ3) is 3.97. The highest BCUT2D eigenvalue weighted by atomic mass is 16.6. The monoisotopic (exact) mass is 285 g/mol. The minimum absolute atomic E-state index is 0.237. The summed E-state index contributed by atoms with van der Waals surface area (Å²) in [6.07, 6.45) is 4.77. The molecule has 2 aliphatic heterocycles. The number of imide groups is 1. The molecule has 0 aliphatic carbocycles. The molecule has 21 heavy (non-hydrogen) atoms. The Balaban J connectivity index is 0.000000194. The fraction of sp³-hybridized carbons (Fsp3) is 0.0667. The Labute approximate surface area is 120 Å².